The molecule has 3 nitrogen and oxygen atoms in total. The van der Waals surface area contributed by atoms with Gasteiger partial charge in [-0.25, -0.2) is 0 Å². The summed E-state index contributed by atoms with van der Waals surface area (Å²) in [6, 6.07) is 4.08. The number of hydrogen-bond donors (Lipinski definition) is 1. The quantitative estimate of drug-likeness (QED) is 0.871. The predicted molar refractivity (Wildman–Crippen MR) is 78.9 cm³/mol. The van der Waals surface area contributed by atoms with E-state index < -0.39 is 0 Å². The predicted octanol–water partition coefficient (Wildman–Crippen LogP) is 2.59. The van der Waals surface area contributed by atoms with Gasteiger partial charge in [0, 0.05) is 29.1 Å². The van der Waals surface area contributed by atoms with E-state index in [0.29, 0.717) is 6.54 Å². The fraction of sp³-hybridized carbons (Fsp3) is 0.333. The van der Waals surface area contributed by atoms with Gasteiger partial charge in [-0.3, -0.25) is 4.90 Å². The summed E-state index contributed by atoms with van der Waals surface area (Å²) >= 11 is 1.74. The molecule has 0 aliphatic rings. The zero-order chi connectivity index (χ0) is 13.7. The Morgan fingerprint density at radius 3 is 2.89 bits per heavy atom. The molecule has 0 bridgehead atoms. The summed E-state index contributed by atoms with van der Waals surface area (Å²) in [6.07, 6.45) is 1.74. The van der Waals surface area contributed by atoms with Crippen molar-refractivity contribution in [3.05, 3.63) is 45.5 Å². The molecule has 2 heterocycles. The Morgan fingerprint density at radius 2 is 2.21 bits per heavy atom. The van der Waals surface area contributed by atoms with Crippen LogP contribution in [0.5, 0.6) is 0 Å². The second-order valence-corrected chi connectivity index (χ2v) is 5.44. The molecule has 0 unspecified atom stereocenters. The molecular weight excluding hydrogens is 256 g/mol. The Kier molecular flexibility index (Phi) is 4.80. The summed E-state index contributed by atoms with van der Waals surface area (Å²) in [5.74, 6) is 7.02. The standard InChI is InChI=1S/C15H18N2OS/c1-12-14(5-8-18-12)10-17(2)11-15-13(4-3-7-16)6-9-19-15/h5-6,8-9H,7,10-11,16H2,1-2H3. The summed E-state index contributed by atoms with van der Waals surface area (Å²) in [4.78, 5) is 3.54. The first-order valence-electron chi connectivity index (χ1n) is 6.17. The smallest absolute Gasteiger partial charge is 0.105 e. The van der Waals surface area contributed by atoms with Gasteiger partial charge in [0.25, 0.3) is 0 Å². The Morgan fingerprint density at radius 1 is 1.37 bits per heavy atom. The number of nitrogens with zero attached hydrogens (tertiary/aromatic N) is 1. The van der Waals surface area contributed by atoms with E-state index in [1.807, 2.05) is 13.0 Å². The van der Waals surface area contributed by atoms with E-state index >= 15 is 0 Å². The highest BCUT2D eigenvalue weighted by molar-refractivity contribution is 7.10. The van der Waals surface area contributed by atoms with Crippen LogP contribution in [0.25, 0.3) is 0 Å². The van der Waals surface area contributed by atoms with E-state index in [1.54, 1.807) is 17.6 Å². The molecule has 0 atom stereocenters. The molecule has 100 valence electrons. The van der Waals surface area contributed by atoms with Crippen LogP contribution in [0.3, 0.4) is 0 Å². The lowest BCUT2D eigenvalue weighted by Crippen LogP contribution is -2.17. The molecule has 0 saturated heterocycles. The molecule has 4 heteroatoms. The third-order valence-corrected chi connectivity index (χ3v) is 3.80. The average molecular weight is 274 g/mol. The van der Waals surface area contributed by atoms with Gasteiger partial charge in [0.15, 0.2) is 0 Å². The topological polar surface area (TPSA) is 42.4 Å². The monoisotopic (exact) mass is 274 g/mol. The van der Waals surface area contributed by atoms with Crippen molar-refractivity contribution in [1.29, 1.82) is 0 Å². The summed E-state index contributed by atoms with van der Waals surface area (Å²) in [7, 11) is 2.10. The zero-order valence-corrected chi connectivity index (χ0v) is 12.1. The van der Waals surface area contributed by atoms with Gasteiger partial charge < -0.3 is 10.2 Å². The zero-order valence-electron chi connectivity index (χ0n) is 11.3. The third-order valence-electron chi connectivity index (χ3n) is 2.89. The second kappa shape index (κ2) is 6.58. The number of nitrogens with two attached hydrogens (primary N) is 1. The lowest BCUT2D eigenvalue weighted by molar-refractivity contribution is 0.319. The van der Waals surface area contributed by atoms with Gasteiger partial charge >= 0.3 is 0 Å². The molecule has 0 radical (unpaired) electrons. The summed E-state index contributed by atoms with van der Waals surface area (Å²) in [5.41, 5.74) is 7.73. The maximum absolute atomic E-state index is 5.41. The first-order valence-corrected chi connectivity index (χ1v) is 7.05. The van der Waals surface area contributed by atoms with Crippen molar-refractivity contribution in [2.24, 2.45) is 5.73 Å². The van der Waals surface area contributed by atoms with E-state index in [1.165, 1.54) is 10.4 Å². The highest BCUT2D eigenvalue weighted by atomic mass is 32.1. The number of aryl methyl sites for hydroxylation is 1. The van der Waals surface area contributed by atoms with E-state index in [0.717, 1.165) is 24.4 Å². The molecule has 0 aromatic carbocycles. The normalized spacial score (nSPS) is 10.5. The van der Waals surface area contributed by atoms with Gasteiger partial charge in [0.2, 0.25) is 0 Å². The van der Waals surface area contributed by atoms with Crippen LogP contribution < -0.4 is 5.73 Å². The molecule has 0 spiro atoms. The minimum atomic E-state index is 0.402. The molecule has 0 amide bonds. The number of rotatable bonds is 4. The van der Waals surface area contributed by atoms with Gasteiger partial charge in [-0.15, -0.1) is 11.3 Å². The molecule has 19 heavy (non-hydrogen) atoms. The van der Waals surface area contributed by atoms with Crippen molar-refractivity contribution in [3.63, 3.8) is 0 Å². The molecule has 0 fully saturated rings. The highest BCUT2D eigenvalue weighted by Gasteiger charge is 2.09. The lowest BCUT2D eigenvalue weighted by Gasteiger charge is -2.15. The average Bonchev–Trinajstić information content (AvgIpc) is 2.97. The van der Waals surface area contributed by atoms with Crippen LogP contribution in [0.1, 0.15) is 21.8 Å². The number of hydrogen-bond acceptors (Lipinski definition) is 4. The van der Waals surface area contributed by atoms with Crippen molar-refractivity contribution in [3.8, 4) is 11.8 Å². The number of thiophene rings is 1. The second-order valence-electron chi connectivity index (χ2n) is 4.44. The summed E-state index contributed by atoms with van der Waals surface area (Å²) in [6.45, 7) is 4.16. The van der Waals surface area contributed by atoms with Crippen LogP contribution >= 0.6 is 11.3 Å². The lowest BCUT2D eigenvalue weighted by atomic mass is 10.2. The molecule has 0 aliphatic heterocycles. The summed E-state index contributed by atoms with van der Waals surface area (Å²) < 4.78 is 5.32. The third kappa shape index (κ3) is 3.71. The highest BCUT2D eigenvalue weighted by Crippen LogP contribution is 2.19. The van der Waals surface area contributed by atoms with Crippen LogP contribution in [0.15, 0.2) is 28.2 Å². The van der Waals surface area contributed by atoms with Crippen LogP contribution in [-0.2, 0) is 13.1 Å². The van der Waals surface area contributed by atoms with Crippen molar-refractivity contribution >= 4 is 11.3 Å². The molecule has 0 saturated carbocycles. The van der Waals surface area contributed by atoms with Crippen LogP contribution in [0.2, 0.25) is 0 Å². The van der Waals surface area contributed by atoms with E-state index in [-0.39, 0.29) is 0 Å². The van der Waals surface area contributed by atoms with E-state index in [9.17, 15) is 0 Å². The van der Waals surface area contributed by atoms with Crippen LogP contribution in [0.4, 0.5) is 0 Å². The molecule has 2 rings (SSSR count). The largest absolute Gasteiger partial charge is 0.469 e. The number of furan rings is 1. The maximum atomic E-state index is 5.41. The Bertz CT molecular complexity index is 589. The van der Waals surface area contributed by atoms with Crippen molar-refractivity contribution < 1.29 is 4.42 Å². The molecule has 2 N–H and O–H groups in total. The van der Waals surface area contributed by atoms with Gasteiger partial charge in [0.1, 0.15) is 5.76 Å². The summed E-state index contributed by atoms with van der Waals surface area (Å²) in [5, 5.41) is 2.08. The van der Waals surface area contributed by atoms with Crippen molar-refractivity contribution in [1.82, 2.24) is 4.90 Å². The molecule has 2 aromatic rings. The Labute approximate surface area is 118 Å². The maximum Gasteiger partial charge on any atom is 0.105 e. The van der Waals surface area contributed by atoms with Crippen LogP contribution in [0, 0.1) is 18.8 Å². The van der Waals surface area contributed by atoms with E-state index in [2.05, 4.69) is 35.2 Å². The van der Waals surface area contributed by atoms with Gasteiger partial charge in [-0.05, 0) is 31.5 Å². The van der Waals surface area contributed by atoms with Gasteiger partial charge in [-0.2, -0.15) is 0 Å². The van der Waals surface area contributed by atoms with Gasteiger partial charge in [0.05, 0.1) is 12.8 Å². The van der Waals surface area contributed by atoms with Crippen molar-refractivity contribution in [2.75, 3.05) is 13.6 Å². The molecule has 2 aromatic heterocycles. The van der Waals surface area contributed by atoms with E-state index in [4.69, 9.17) is 10.2 Å². The molecular formula is C15H18N2OS. The fourth-order valence-corrected chi connectivity index (χ4v) is 2.80. The first kappa shape index (κ1) is 13.9. The minimum Gasteiger partial charge on any atom is -0.469 e. The van der Waals surface area contributed by atoms with Crippen LogP contribution in [-0.4, -0.2) is 18.5 Å². The minimum absolute atomic E-state index is 0.402. The molecule has 0 aliphatic carbocycles. The first-order chi connectivity index (χ1) is 9.20. The fourth-order valence-electron chi connectivity index (χ4n) is 1.89. The SMILES string of the molecule is Cc1occc1CN(C)Cc1sccc1C#CCN. The van der Waals surface area contributed by atoms with Gasteiger partial charge in [-0.1, -0.05) is 11.8 Å². The Balaban J connectivity index is 2.01. The Hall–Kier alpha value is -1.54. The van der Waals surface area contributed by atoms with Crippen molar-refractivity contribution in [2.45, 2.75) is 20.0 Å².